The molecule has 0 radical (unpaired) electrons. The average molecular weight is 158 g/mol. The summed E-state index contributed by atoms with van der Waals surface area (Å²) in [4.78, 5) is 0. The molecular formula is C9H22N2. The zero-order chi connectivity index (χ0) is 8.53. The maximum absolute atomic E-state index is 5.41. The van der Waals surface area contributed by atoms with Crippen LogP contribution in [0.3, 0.4) is 0 Å². The molecule has 0 aliphatic carbocycles. The number of hydrogen-bond acceptors (Lipinski definition) is 2. The third-order valence-electron chi connectivity index (χ3n) is 2.05. The van der Waals surface area contributed by atoms with Crippen molar-refractivity contribution in [3.05, 3.63) is 0 Å². The smallest absolute Gasteiger partial charge is 0.00772 e. The minimum atomic E-state index is 0.835. The van der Waals surface area contributed by atoms with E-state index in [1.54, 1.807) is 0 Å². The van der Waals surface area contributed by atoms with E-state index in [1.807, 2.05) is 0 Å². The third-order valence-corrected chi connectivity index (χ3v) is 2.05. The quantitative estimate of drug-likeness (QED) is 0.551. The summed E-state index contributed by atoms with van der Waals surface area (Å²) < 4.78 is 0. The van der Waals surface area contributed by atoms with E-state index in [0.29, 0.717) is 0 Å². The van der Waals surface area contributed by atoms with Crippen LogP contribution in [0.2, 0.25) is 0 Å². The second-order valence-corrected chi connectivity index (χ2v) is 3.32. The highest BCUT2D eigenvalue weighted by Crippen LogP contribution is 2.12. The fraction of sp³-hybridized carbons (Fsp3) is 1.00. The Morgan fingerprint density at radius 3 is 2.00 bits per heavy atom. The first-order valence-corrected chi connectivity index (χ1v) is 4.71. The molecule has 1 atom stereocenters. The van der Waals surface area contributed by atoms with Gasteiger partial charge in [0.1, 0.15) is 0 Å². The Kier molecular flexibility index (Phi) is 7.96. The van der Waals surface area contributed by atoms with E-state index in [1.165, 1.54) is 32.1 Å². The van der Waals surface area contributed by atoms with Gasteiger partial charge in [-0.15, -0.1) is 0 Å². The van der Waals surface area contributed by atoms with Crippen molar-refractivity contribution >= 4 is 0 Å². The van der Waals surface area contributed by atoms with E-state index in [-0.39, 0.29) is 0 Å². The number of nitrogens with two attached hydrogens (primary N) is 2. The molecule has 2 nitrogen and oxygen atoms in total. The molecule has 0 unspecified atom stereocenters. The molecule has 2 heteroatoms. The van der Waals surface area contributed by atoms with Crippen molar-refractivity contribution in [2.45, 2.75) is 39.0 Å². The van der Waals surface area contributed by atoms with Gasteiger partial charge in [-0.25, -0.2) is 0 Å². The van der Waals surface area contributed by atoms with E-state index in [0.717, 1.165) is 19.0 Å². The van der Waals surface area contributed by atoms with Crippen LogP contribution >= 0.6 is 0 Å². The van der Waals surface area contributed by atoms with Crippen LogP contribution in [0.5, 0.6) is 0 Å². The van der Waals surface area contributed by atoms with Crippen LogP contribution in [0.15, 0.2) is 0 Å². The van der Waals surface area contributed by atoms with Gasteiger partial charge in [0.2, 0.25) is 0 Å². The lowest BCUT2D eigenvalue weighted by Crippen LogP contribution is -2.04. The van der Waals surface area contributed by atoms with Crippen LogP contribution in [0.1, 0.15) is 39.0 Å². The van der Waals surface area contributed by atoms with Crippen molar-refractivity contribution in [3.8, 4) is 0 Å². The highest BCUT2D eigenvalue weighted by Gasteiger charge is 1.99. The molecule has 0 saturated heterocycles. The SMILES string of the molecule is C[C@@H](CCCN)CCCCN. The molecule has 4 N–H and O–H groups in total. The van der Waals surface area contributed by atoms with Crippen LogP contribution in [0.25, 0.3) is 0 Å². The predicted molar refractivity (Wildman–Crippen MR) is 50.4 cm³/mol. The standard InChI is InChI=1S/C9H22N2/c1-9(6-4-8-11)5-2-3-7-10/h9H,2-8,10-11H2,1H3/t9-/m1/s1. The minimum absolute atomic E-state index is 0.835. The molecule has 0 aromatic heterocycles. The molecule has 0 aromatic carbocycles. The summed E-state index contributed by atoms with van der Waals surface area (Å²) in [5, 5.41) is 0. The summed E-state index contributed by atoms with van der Waals surface area (Å²) in [6, 6.07) is 0. The van der Waals surface area contributed by atoms with Gasteiger partial charge in [0.15, 0.2) is 0 Å². The first kappa shape index (κ1) is 10.9. The van der Waals surface area contributed by atoms with Crippen molar-refractivity contribution in [3.63, 3.8) is 0 Å². The first-order valence-electron chi connectivity index (χ1n) is 4.71. The summed E-state index contributed by atoms with van der Waals surface area (Å²) in [6.45, 7) is 3.97. The maximum atomic E-state index is 5.41. The monoisotopic (exact) mass is 158 g/mol. The van der Waals surface area contributed by atoms with Gasteiger partial charge < -0.3 is 11.5 Å². The molecule has 0 saturated carbocycles. The largest absolute Gasteiger partial charge is 0.330 e. The summed E-state index contributed by atoms with van der Waals surface area (Å²) in [6.07, 6.45) is 6.22. The van der Waals surface area contributed by atoms with E-state index in [9.17, 15) is 0 Å². The number of unbranched alkanes of at least 4 members (excludes halogenated alkanes) is 1. The Balaban J connectivity index is 3.02. The Labute approximate surface area is 70.3 Å². The van der Waals surface area contributed by atoms with Gasteiger partial charge in [-0.2, -0.15) is 0 Å². The van der Waals surface area contributed by atoms with Crippen LogP contribution in [-0.4, -0.2) is 13.1 Å². The molecule has 11 heavy (non-hydrogen) atoms. The predicted octanol–water partition coefficient (Wildman–Crippen LogP) is 1.49. The lowest BCUT2D eigenvalue weighted by Gasteiger charge is -2.08. The fourth-order valence-electron chi connectivity index (χ4n) is 1.25. The van der Waals surface area contributed by atoms with Crippen molar-refractivity contribution in [2.75, 3.05) is 13.1 Å². The molecule has 0 aromatic rings. The molecule has 0 amide bonds. The molecule has 0 bridgehead atoms. The number of rotatable bonds is 7. The Bertz CT molecular complexity index is 74.0. The van der Waals surface area contributed by atoms with Crippen LogP contribution in [0.4, 0.5) is 0 Å². The molecule has 0 spiro atoms. The van der Waals surface area contributed by atoms with E-state index < -0.39 is 0 Å². The van der Waals surface area contributed by atoms with Crippen LogP contribution < -0.4 is 11.5 Å². The Hall–Kier alpha value is -0.0800. The average Bonchev–Trinajstić information content (AvgIpc) is 2.01. The normalized spacial score (nSPS) is 13.4. The first-order chi connectivity index (χ1) is 5.31. The lowest BCUT2D eigenvalue weighted by atomic mass is 9.99. The third kappa shape index (κ3) is 7.82. The zero-order valence-corrected chi connectivity index (χ0v) is 7.68. The molecule has 0 fully saturated rings. The van der Waals surface area contributed by atoms with Crippen molar-refractivity contribution < 1.29 is 0 Å². The molecule has 0 aliphatic rings. The van der Waals surface area contributed by atoms with Gasteiger partial charge in [0.25, 0.3) is 0 Å². The van der Waals surface area contributed by atoms with Gasteiger partial charge in [0, 0.05) is 0 Å². The highest BCUT2D eigenvalue weighted by atomic mass is 14.5. The second kappa shape index (κ2) is 8.02. The molecular weight excluding hydrogens is 136 g/mol. The van der Waals surface area contributed by atoms with Gasteiger partial charge in [-0.3, -0.25) is 0 Å². The summed E-state index contributed by atoms with van der Waals surface area (Å²) in [7, 11) is 0. The van der Waals surface area contributed by atoms with Gasteiger partial charge in [-0.05, 0) is 38.3 Å². The van der Waals surface area contributed by atoms with Crippen molar-refractivity contribution in [1.82, 2.24) is 0 Å². The van der Waals surface area contributed by atoms with Crippen LogP contribution in [0, 0.1) is 5.92 Å². The Morgan fingerprint density at radius 2 is 1.45 bits per heavy atom. The molecule has 68 valence electrons. The fourth-order valence-corrected chi connectivity index (χ4v) is 1.25. The second-order valence-electron chi connectivity index (χ2n) is 3.32. The van der Waals surface area contributed by atoms with Crippen LogP contribution in [-0.2, 0) is 0 Å². The van der Waals surface area contributed by atoms with Gasteiger partial charge >= 0.3 is 0 Å². The Morgan fingerprint density at radius 1 is 0.909 bits per heavy atom. The topological polar surface area (TPSA) is 52.0 Å². The molecule has 0 heterocycles. The number of hydrogen-bond donors (Lipinski definition) is 2. The molecule has 0 rings (SSSR count). The van der Waals surface area contributed by atoms with E-state index >= 15 is 0 Å². The van der Waals surface area contributed by atoms with E-state index in [2.05, 4.69) is 6.92 Å². The summed E-state index contributed by atoms with van der Waals surface area (Å²) in [5.74, 6) is 0.838. The van der Waals surface area contributed by atoms with E-state index in [4.69, 9.17) is 11.5 Å². The van der Waals surface area contributed by atoms with Crippen molar-refractivity contribution in [1.29, 1.82) is 0 Å². The zero-order valence-electron chi connectivity index (χ0n) is 7.68. The maximum Gasteiger partial charge on any atom is -0.00772 e. The van der Waals surface area contributed by atoms with Gasteiger partial charge in [0.05, 0.1) is 0 Å². The molecule has 0 aliphatic heterocycles. The lowest BCUT2D eigenvalue weighted by molar-refractivity contribution is 0.456. The summed E-state index contributed by atoms with van der Waals surface area (Å²) >= 11 is 0. The minimum Gasteiger partial charge on any atom is -0.330 e. The highest BCUT2D eigenvalue weighted by molar-refractivity contribution is 4.54. The van der Waals surface area contributed by atoms with Crippen molar-refractivity contribution in [2.24, 2.45) is 17.4 Å². The van der Waals surface area contributed by atoms with Gasteiger partial charge in [-0.1, -0.05) is 19.8 Å². The summed E-state index contributed by atoms with van der Waals surface area (Å²) in [5.41, 5.74) is 10.8.